The van der Waals surface area contributed by atoms with Gasteiger partial charge in [0.1, 0.15) is 6.17 Å². The van der Waals surface area contributed by atoms with Crippen molar-refractivity contribution in [3.8, 4) is 0 Å². The zero-order valence-corrected chi connectivity index (χ0v) is 13.7. The van der Waals surface area contributed by atoms with Crippen LogP contribution in [-0.4, -0.2) is 4.98 Å². The summed E-state index contributed by atoms with van der Waals surface area (Å²) in [5, 5.41) is 8.70. The van der Waals surface area contributed by atoms with E-state index < -0.39 is 0 Å². The Morgan fingerprint density at radius 2 is 1.44 bits per heavy atom. The number of para-hydroxylation sites is 2. The summed E-state index contributed by atoms with van der Waals surface area (Å²) >= 11 is 0. The fraction of sp³-hybridized carbons (Fsp3) is 0.0909. The second-order valence-electron chi connectivity index (χ2n) is 6.46. The number of rotatable bonds is 2. The highest BCUT2D eigenvalue weighted by molar-refractivity contribution is 5.84. The van der Waals surface area contributed by atoms with E-state index in [0.29, 0.717) is 0 Å². The Labute approximate surface area is 146 Å². The van der Waals surface area contributed by atoms with Crippen molar-refractivity contribution in [3.63, 3.8) is 0 Å². The van der Waals surface area contributed by atoms with Crippen LogP contribution in [0.3, 0.4) is 0 Å². The fourth-order valence-electron chi connectivity index (χ4n) is 3.76. The number of hydrogen-bond acceptors (Lipinski definition) is 2. The number of hydrogen-bond donors (Lipinski definition) is 3. The van der Waals surface area contributed by atoms with E-state index in [1.54, 1.807) is 0 Å². The van der Waals surface area contributed by atoms with Gasteiger partial charge in [-0.2, -0.15) is 0 Å². The predicted molar refractivity (Wildman–Crippen MR) is 103 cm³/mol. The maximum atomic E-state index is 3.79. The topological polar surface area (TPSA) is 39.9 Å². The number of fused-ring (bicyclic) bond motifs is 2. The zero-order chi connectivity index (χ0) is 16.6. The van der Waals surface area contributed by atoms with Crippen molar-refractivity contribution in [2.45, 2.75) is 12.2 Å². The molecule has 0 saturated heterocycles. The van der Waals surface area contributed by atoms with Gasteiger partial charge in [-0.1, -0.05) is 66.7 Å². The monoisotopic (exact) mass is 325 g/mol. The van der Waals surface area contributed by atoms with E-state index >= 15 is 0 Å². The first-order valence-corrected chi connectivity index (χ1v) is 8.62. The molecule has 0 amide bonds. The molecule has 1 aromatic heterocycles. The van der Waals surface area contributed by atoms with Crippen LogP contribution in [0.25, 0.3) is 10.9 Å². The van der Waals surface area contributed by atoms with Crippen LogP contribution in [0.2, 0.25) is 0 Å². The summed E-state index contributed by atoms with van der Waals surface area (Å²) in [4.78, 5) is 3.38. The Morgan fingerprint density at radius 1 is 0.680 bits per heavy atom. The summed E-state index contributed by atoms with van der Waals surface area (Å²) in [6, 6.07) is 27.8. The molecule has 0 saturated carbocycles. The third-order valence-corrected chi connectivity index (χ3v) is 4.97. The summed E-state index contributed by atoms with van der Waals surface area (Å²) in [7, 11) is 0. The molecule has 0 aliphatic carbocycles. The van der Waals surface area contributed by atoms with Crippen LogP contribution in [0.15, 0.2) is 85.1 Å². The average molecular weight is 325 g/mol. The fourth-order valence-corrected chi connectivity index (χ4v) is 3.76. The number of H-pyrrole nitrogens is 1. The second-order valence-corrected chi connectivity index (χ2v) is 6.46. The Hall–Kier alpha value is -3.04. The van der Waals surface area contributed by atoms with Crippen LogP contribution in [-0.2, 0) is 0 Å². The minimum absolute atomic E-state index is 0.0521. The van der Waals surface area contributed by atoms with Gasteiger partial charge in [-0.3, -0.25) is 5.32 Å². The molecule has 25 heavy (non-hydrogen) atoms. The molecular weight excluding hydrogens is 306 g/mol. The minimum atomic E-state index is 0.0521. The van der Waals surface area contributed by atoms with E-state index in [1.165, 1.54) is 27.8 Å². The number of benzene rings is 3. The second kappa shape index (κ2) is 5.80. The Bertz CT molecular complexity index is 1020. The van der Waals surface area contributed by atoms with Gasteiger partial charge in [0.25, 0.3) is 0 Å². The molecule has 5 rings (SSSR count). The van der Waals surface area contributed by atoms with Gasteiger partial charge in [0, 0.05) is 28.4 Å². The Balaban J connectivity index is 1.62. The molecule has 2 heterocycles. The first-order valence-electron chi connectivity index (χ1n) is 8.62. The molecule has 1 aliphatic rings. The van der Waals surface area contributed by atoms with Crippen LogP contribution >= 0.6 is 0 Å². The summed E-state index contributed by atoms with van der Waals surface area (Å²) in [6.45, 7) is 0. The van der Waals surface area contributed by atoms with Crippen molar-refractivity contribution in [2.24, 2.45) is 0 Å². The van der Waals surface area contributed by atoms with E-state index in [0.717, 1.165) is 5.52 Å². The number of aromatic amines is 1. The molecule has 3 heteroatoms. The van der Waals surface area contributed by atoms with Crippen molar-refractivity contribution in [1.29, 1.82) is 0 Å². The average Bonchev–Trinajstić information content (AvgIpc) is 3.12. The van der Waals surface area contributed by atoms with Crippen molar-refractivity contribution in [2.75, 3.05) is 5.32 Å². The van der Waals surface area contributed by atoms with Crippen LogP contribution in [0.1, 0.15) is 28.9 Å². The first kappa shape index (κ1) is 14.3. The third-order valence-electron chi connectivity index (χ3n) is 4.97. The molecule has 0 radical (unpaired) electrons. The standard InChI is InChI=1S/C22H19N3/c1-2-8-15(9-3-1)21-17-11-5-7-13-20(17)24-22(25-21)18-14-23-19-12-6-4-10-16(18)19/h1-14,21-25H/t21-,22+/m1/s1. The molecule has 0 spiro atoms. The molecule has 3 aromatic carbocycles. The number of anilines is 1. The lowest BCUT2D eigenvalue weighted by molar-refractivity contribution is 0.508. The molecule has 2 atom stereocenters. The molecule has 0 unspecified atom stereocenters. The molecule has 3 nitrogen and oxygen atoms in total. The highest BCUT2D eigenvalue weighted by atomic mass is 15.2. The molecule has 1 aliphatic heterocycles. The molecule has 3 N–H and O–H groups in total. The number of aromatic nitrogens is 1. The maximum absolute atomic E-state index is 3.79. The van der Waals surface area contributed by atoms with Crippen molar-refractivity contribution in [1.82, 2.24) is 10.3 Å². The first-order chi connectivity index (χ1) is 12.4. The van der Waals surface area contributed by atoms with Crippen LogP contribution in [0.5, 0.6) is 0 Å². The summed E-state index contributed by atoms with van der Waals surface area (Å²) in [5.41, 5.74) is 6.15. The summed E-state index contributed by atoms with van der Waals surface area (Å²) in [5.74, 6) is 0. The van der Waals surface area contributed by atoms with Crippen LogP contribution in [0.4, 0.5) is 5.69 Å². The Morgan fingerprint density at radius 3 is 2.36 bits per heavy atom. The molecule has 4 aromatic rings. The van der Waals surface area contributed by atoms with Crippen molar-refractivity contribution >= 4 is 16.6 Å². The minimum Gasteiger partial charge on any atom is -0.366 e. The van der Waals surface area contributed by atoms with Crippen LogP contribution < -0.4 is 10.6 Å². The van der Waals surface area contributed by atoms with Gasteiger partial charge in [0.2, 0.25) is 0 Å². The van der Waals surface area contributed by atoms with Gasteiger partial charge in [-0.15, -0.1) is 0 Å². The normalized spacial score (nSPS) is 19.4. The van der Waals surface area contributed by atoms with Gasteiger partial charge in [0.05, 0.1) is 6.04 Å². The lowest BCUT2D eigenvalue weighted by atomic mass is 9.93. The molecular formula is C22H19N3. The quantitative estimate of drug-likeness (QED) is 0.487. The van der Waals surface area contributed by atoms with Gasteiger partial charge in [0.15, 0.2) is 0 Å². The van der Waals surface area contributed by atoms with Crippen LogP contribution in [0, 0.1) is 0 Å². The summed E-state index contributed by atoms with van der Waals surface area (Å²) < 4.78 is 0. The predicted octanol–water partition coefficient (Wildman–Crippen LogP) is 4.97. The van der Waals surface area contributed by atoms with Gasteiger partial charge in [-0.05, 0) is 23.3 Å². The highest BCUT2D eigenvalue weighted by Gasteiger charge is 2.28. The Kier molecular flexibility index (Phi) is 3.32. The summed E-state index contributed by atoms with van der Waals surface area (Å²) in [6.07, 6.45) is 2.15. The van der Waals surface area contributed by atoms with E-state index in [9.17, 15) is 0 Å². The smallest absolute Gasteiger partial charge is 0.106 e. The lowest BCUT2D eigenvalue weighted by Gasteiger charge is -2.35. The maximum Gasteiger partial charge on any atom is 0.106 e. The van der Waals surface area contributed by atoms with E-state index in [4.69, 9.17) is 0 Å². The third kappa shape index (κ3) is 2.41. The van der Waals surface area contributed by atoms with E-state index in [1.807, 2.05) is 0 Å². The lowest BCUT2D eigenvalue weighted by Crippen LogP contribution is -2.37. The van der Waals surface area contributed by atoms with Crippen molar-refractivity contribution < 1.29 is 0 Å². The zero-order valence-electron chi connectivity index (χ0n) is 13.7. The van der Waals surface area contributed by atoms with E-state index in [-0.39, 0.29) is 12.2 Å². The van der Waals surface area contributed by atoms with Gasteiger partial charge < -0.3 is 10.3 Å². The number of nitrogens with one attached hydrogen (secondary N) is 3. The highest BCUT2D eigenvalue weighted by Crippen LogP contribution is 2.37. The largest absolute Gasteiger partial charge is 0.366 e. The van der Waals surface area contributed by atoms with E-state index in [2.05, 4.69) is 101 Å². The molecule has 122 valence electrons. The van der Waals surface area contributed by atoms with Crippen molar-refractivity contribution in [3.05, 3.63) is 102 Å². The van der Waals surface area contributed by atoms with Gasteiger partial charge in [-0.25, -0.2) is 0 Å². The SMILES string of the molecule is c1ccc([C@H]2N[C@@H](c3c[nH]c4ccccc34)Nc3ccccc32)cc1. The molecule has 0 fully saturated rings. The van der Waals surface area contributed by atoms with Gasteiger partial charge >= 0.3 is 0 Å². The molecule has 0 bridgehead atoms.